The lowest BCUT2D eigenvalue weighted by Crippen LogP contribution is -2.45. The van der Waals surface area contributed by atoms with Crippen molar-refractivity contribution < 1.29 is 17.6 Å². The topological polar surface area (TPSA) is 70.3 Å². The number of nitrogens with one attached hydrogen (secondary N) is 1. The molecule has 10 heteroatoms. The number of hydrogen-bond acceptors (Lipinski definition) is 6. The van der Waals surface area contributed by atoms with E-state index in [0.29, 0.717) is 25.0 Å². The Labute approximate surface area is 135 Å². The Morgan fingerprint density at radius 3 is 2.38 bits per heavy atom. The van der Waals surface area contributed by atoms with Gasteiger partial charge in [-0.15, -0.1) is 0 Å². The number of rotatable bonds is 2. The molecule has 0 aliphatic carbocycles. The quantitative estimate of drug-likeness (QED) is 0.492. The maximum absolute atomic E-state index is 14.2. The van der Waals surface area contributed by atoms with Crippen LogP contribution in [0.25, 0.3) is 11.0 Å². The first-order chi connectivity index (χ1) is 11.3. The van der Waals surface area contributed by atoms with Crippen molar-refractivity contribution in [3.63, 3.8) is 0 Å². The van der Waals surface area contributed by atoms with Gasteiger partial charge in [-0.2, -0.15) is 13.2 Å². The van der Waals surface area contributed by atoms with Gasteiger partial charge in [0.25, 0.3) is 0 Å². The summed E-state index contributed by atoms with van der Waals surface area (Å²) in [5.41, 5.74) is 0.517. The Bertz CT molecular complexity index is 755. The summed E-state index contributed by atoms with van der Waals surface area (Å²) in [5.74, 6) is 4.41. The summed E-state index contributed by atoms with van der Waals surface area (Å²) in [6.07, 6.45) is -4.80. The molecule has 3 rings (SSSR count). The fraction of sp³-hybridized carbons (Fsp3) is 0.429. The number of hydrogen-bond donors (Lipinski definition) is 2. The number of nitrogens with two attached hydrogens (primary N) is 1. The van der Waals surface area contributed by atoms with Crippen LogP contribution in [0.1, 0.15) is 5.56 Å². The fourth-order valence-electron chi connectivity index (χ4n) is 2.63. The van der Waals surface area contributed by atoms with Crippen LogP contribution in [0.15, 0.2) is 12.1 Å². The largest absolute Gasteiger partial charge is 0.419 e. The van der Waals surface area contributed by atoms with Gasteiger partial charge < -0.3 is 15.2 Å². The lowest BCUT2D eigenvalue weighted by atomic mass is 10.1. The van der Waals surface area contributed by atoms with Crippen molar-refractivity contribution in [3.05, 3.63) is 23.5 Å². The van der Waals surface area contributed by atoms with Gasteiger partial charge >= 0.3 is 6.18 Å². The number of hydrazine groups is 1. The van der Waals surface area contributed by atoms with Gasteiger partial charge in [-0.1, -0.05) is 0 Å². The van der Waals surface area contributed by atoms with Gasteiger partial charge in [0.15, 0.2) is 17.5 Å². The van der Waals surface area contributed by atoms with Crippen molar-refractivity contribution in [1.29, 1.82) is 0 Å². The van der Waals surface area contributed by atoms with Crippen LogP contribution in [0, 0.1) is 5.82 Å². The molecule has 0 radical (unpaired) electrons. The molecule has 0 saturated carbocycles. The van der Waals surface area contributed by atoms with Crippen LogP contribution >= 0.6 is 0 Å². The van der Waals surface area contributed by atoms with Gasteiger partial charge in [0, 0.05) is 26.2 Å². The normalized spacial score (nSPS) is 16.7. The van der Waals surface area contributed by atoms with Crippen LogP contribution in [-0.2, 0) is 6.18 Å². The van der Waals surface area contributed by atoms with Crippen LogP contribution < -0.4 is 16.2 Å². The summed E-state index contributed by atoms with van der Waals surface area (Å²) in [5, 5.41) is 0. The molecule has 2 heterocycles. The van der Waals surface area contributed by atoms with Crippen molar-refractivity contribution in [2.45, 2.75) is 6.18 Å². The Hall–Kier alpha value is -2.20. The highest BCUT2D eigenvalue weighted by Crippen LogP contribution is 2.35. The molecule has 6 nitrogen and oxygen atoms in total. The highest BCUT2D eigenvalue weighted by molar-refractivity contribution is 5.82. The molecule has 1 aliphatic heterocycles. The number of likely N-dealkylation sites (N-methyl/N-ethyl adjacent to an activating group) is 1. The number of piperazine rings is 1. The summed E-state index contributed by atoms with van der Waals surface area (Å²) in [6, 6.07) is 1.80. The number of fused-ring (bicyclic) bond motifs is 1. The van der Waals surface area contributed by atoms with Gasteiger partial charge in [0.05, 0.1) is 11.1 Å². The van der Waals surface area contributed by atoms with Gasteiger partial charge in [-0.3, -0.25) is 0 Å². The summed E-state index contributed by atoms with van der Waals surface area (Å²) >= 11 is 0. The molecule has 1 fully saturated rings. The van der Waals surface area contributed by atoms with E-state index in [0.717, 1.165) is 19.2 Å². The van der Waals surface area contributed by atoms with Gasteiger partial charge in [-0.25, -0.2) is 20.2 Å². The van der Waals surface area contributed by atoms with E-state index in [1.165, 1.54) is 0 Å². The molecule has 1 aromatic carbocycles. The standard InChI is InChI=1S/C14H16F4N6/c1-23-4-6-24(7-5-23)13-12(22-19)21-11-9(20-13)3-2-8(10(11)15)14(16,17)18/h2-3H,4-7,19H2,1H3,(H,21,22). The molecule has 1 aromatic heterocycles. The second-order valence-electron chi connectivity index (χ2n) is 5.62. The Morgan fingerprint density at radius 2 is 1.79 bits per heavy atom. The molecule has 0 atom stereocenters. The van der Waals surface area contributed by atoms with Gasteiger partial charge in [0.1, 0.15) is 5.52 Å². The summed E-state index contributed by atoms with van der Waals surface area (Å²) in [4.78, 5) is 12.3. The van der Waals surface area contributed by atoms with Crippen LogP contribution in [0.3, 0.4) is 0 Å². The third-order valence-electron chi connectivity index (χ3n) is 4.00. The first-order valence-electron chi connectivity index (χ1n) is 7.29. The SMILES string of the molecule is CN1CCN(c2nc3ccc(C(F)(F)F)c(F)c3nc2NN)CC1. The molecule has 130 valence electrons. The first-order valence-corrected chi connectivity index (χ1v) is 7.29. The molecule has 0 spiro atoms. The van der Waals surface area contributed by atoms with Crippen LogP contribution in [0.2, 0.25) is 0 Å². The van der Waals surface area contributed by atoms with Crippen LogP contribution in [-0.4, -0.2) is 48.1 Å². The minimum absolute atomic E-state index is 0.0466. The van der Waals surface area contributed by atoms with Gasteiger partial charge in [-0.05, 0) is 19.2 Å². The summed E-state index contributed by atoms with van der Waals surface area (Å²) in [6.45, 7) is 2.92. The van der Waals surface area contributed by atoms with Crippen molar-refractivity contribution in [1.82, 2.24) is 14.9 Å². The second kappa shape index (κ2) is 6.02. The predicted molar refractivity (Wildman–Crippen MR) is 82.0 cm³/mol. The highest BCUT2D eigenvalue weighted by atomic mass is 19.4. The van der Waals surface area contributed by atoms with Crippen molar-refractivity contribution >= 4 is 22.7 Å². The lowest BCUT2D eigenvalue weighted by molar-refractivity contribution is -0.139. The zero-order valence-electron chi connectivity index (χ0n) is 12.9. The molecule has 0 bridgehead atoms. The van der Waals surface area contributed by atoms with E-state index in [-0.39, 0.29) is 11.3 Å². The molecule has 24 heavy (non-hydrogen) atoms. The van der Waals surface area contributed by atoms with Crippen molar-refractivity contribution in [2.24, 2.45) is 5.84 Å². The van der Waals surface area contributed by atoms with Gasteiger partial charge in [0.2, 0.25) is 0 Å². The molecular weight excluding hydrogens is 328 g/mol. The maximum Gasteiger partial charge on any atom is 0.419 e. The predicted octanol–water partition coefficient (Wildman–Crippen LogP) is 1.83. The monoisotopic (exact) mass is 344 g/mol. The average molecular weight is 344 g/mol. The number of nitrogen functional groups attached to an aromatic ring is 1. The van der Waals surface area contributed by atoms with E-state index >= 15 is 0 Å². The zero-order chi connectivity index (χ0) is 17.5. The molecule has 1 aliphatic rings. The summed E-state index contributed by atoms with van der Waals surface area (Å²) < 4.78 is 52.7. The smallest absolute Gasteiger partial charge is 0.351 e. The molecule has 0 amide bonds. The van der Waals surface area contributed by atoms with E-state index in [2.05, 4.69) is 20.3 Å². The van der Waals surface area contributed by atoms with Crippen molar-refractivity contribution in [3.8, 4) is 0 Å². The summed E-state index contributed by atoms with van der Waals surface area (Å²) in [7, 11) is 1.99. The zero-order valence-corrected chi connectivity index (χ0v) is 12.9. The fourth-order valence-corrected chi connectivity index (χ4v) is 2.63. The van der Waals surface area contributed by atoms with Crippen LogP contribution in [0.5, 0.6) is 0 Å². The number of halogens is 4. The molecule has 0 unspecified atom stereocenters. The maximum atomic E-state index is 14.2. The number of benzene rings is 1. The Kier molecular flexibility index (Phi) is 4.18. The van der Waals surface area contributed by atoms with E-state index in [1.54, 1.807) is 0 Å². The molecule has 3 N–H and O–H groups in total. The van der Waals surface area contributed by atoms with E-state index in [1.807, 2.05) is 11.9 Å². The molecule has 1 saturated heterocycles. The minimum Gasteiger partial charge on any atom is -0.351 e. The van der Waals surface area contributed by atoms with E-state index < -0.39 is 23.1 Å². The van der Waals surface area contributed by atoms with Crippen LogP contribution in [0.4, 0.5) is 29.2 Å². The Morgan fingerprint density at radius 1 is 1.12 bits per heavy atom. The first kappa shape index (κ1) is 16.7. The van der Waals surface area contributed by atoms with E-state index in [4.69, 9.17) is 5.84 Å². The third-order valence-corrected chi connectivity index (χ3v) is 4.00. The number of nitrogens with zero attached hydrogens (tertiary/aromatic N) is 4. The number of anilines is 2. The highest BCUT2D eigenvalue weighted by Gasteiger charge is 2.35. The molecule has 2 aromatic rings. The third kappa shape index (κ3) is 2.94. The second-order valence-corrected chi connectivity index (χ2v) is 5.62. The lowest BCUT2D eigenvalue weighted by Gasteiger charge is -2.33. The minimum atomic E-state index is -4.80. The average Bonchev–Trinajstić information content (AvgIpc) is 2.53. The number of aromatic nitrogens is 2. The Balaban J connectivity index is 2.10. The van der Waals surface area contributed by atoms with E-state index in [9.17, 15) is 17.6 Å². The molecular formula is C14H16F4N6. The van der Waals surface area contributed by atoms with Crippen molar-refractivity contribution in [2.75, 3.05) is 43.6 Å². The number of alkyl halides is 3.